The van der Waals surface area contributed by atoms with Crippen LogP contribution in [0.2, 0.25) is 5.02 Å². The van der Waals surface area contributed by atoms with Crippen LogP contribution in [0.4, 0.5) is 34.6 Å². The van der Waals surface area contributed by atoms with E-state index in [1.54, 1.807) is 22.6 Å². The predicted molar refractivity (Wildman–Crippen MR) is 83.3 cm³/mol. The summed E-state index contributed by atoms with van der Waals surface area (Å²) in [6.07, 6.45) is -4.52. The molecule has 2 aromatic rings. The van der Waals surface area contributed by atoms with Gasteiger partial charge in [-0.1, -0.05) is 11.6 Å². The highest BCUT2D eigenvalue weighted by Gasteiger charge is 2.31. The number of benzene rings is 2. The van der Waals surface area contributed by atoms with Gasteiger partial charge in [0.2, 0.25) is 0 Å². The number of rotatable bonds is 2. The molecule has 0 heterocycles. The average molecular weight is 431 g/mol. The second-order valence-corrected chi connectivity index (χ2v) is 5.80. The van der Waals surface area contributed by atoms with Gasteiger partial charge >= 0.3 is 6.18 Å². The Bertz CT molecular complexity index is 689. The van der Waals surface area contributed by atoms with Gasteiger partial charge < -0.3 is 11.1 Å². The molecule has 0 spiro atoms. The van der Waals surface area contributed by atoms with Crippen molar-refractivity contribution >= 4 is 51.3 Å². The number of hydrogen-bond donors (Lipinski definition) is 2. The minimum atomic E-state index is -4.52. The molecule has 0 atom stereocenters. The number of nitrogen functional groups attached to an aromatic ring is 1. The first-order chi connectivity index (χ1) is 9.66. The summed E-state index contributed by atoms with van der Waals surface area (Å²) in [4.78, 5) is 0. The van der Waals surface area contributed by atoms with Crippen LogP contribution in [0.1, 0.15) is 5.56 Å². The first-order valence-corrected chi connectivity index (χ1v) is 7.02. The fourth-order valence-electron chi connectivity index (χ4n) is 1.65. The fourth-order valence-corrected chi connectivity index (χ4v) is 2.38. The van der Waals surface area contributed by atoms with Crippen molar-refractivity contribution in [2.24, 2.45) is 0 Å². The maximum absolute atomic E-state index is 13.5. The molecule has 3 N–H and O–H groups in total. The fraction of sp³-hybridized carbons (Fsp3) is 0.0769. The third-order valence-electron chi connectivity index (χ3n) is 2.60. The van der Waals surface area contributed by atoms with Gasteiger partial charge in [0.05, 0.1) is 20.5 Å². The van der Waals surface area contributed by atoms with E-state index in [0.29, 0.717) is 3.57 Å². The smallest absolute Gasteiger partial charge is 0.397 e. The third kappa shape index (κ3) is 3.91. The van der Waals surface area contributed by atoms with Gasteiger partial charge in [0.15, 0.2) is 0 Å². The highest BCUT2D eigenvalue weighted by Crippen LogP contribution is 2.35. The molecule has 112 valence electrons. The summed E-state index contributed by atoms with van der Waals surface area (Å²) in [5.74, 6) is -0.523. The van der Waals surface area contributed by atoms with E-state index >= 15 is 0 Å². The minimum Gasteiger partial charge on any atom is -0.397 e. The van der Waals surface area contributed by atoms with E-state index in [-0.39, 0.29) is 22.1 Å². The number of nitrogens with one attached hydrogen (secondary N) is 1. The van der Waals surface area contributed by atoms with Gasteiger partial charge in [0.1, 0.15) is 5.82 Å². The van der Waals surface area contributed by atoms with Crippen molar-refractivity contribution < 1.29 is 17.6 Å². The first-order valence-electron chi connectivity index (χ1n) is 5.56. The van der Waals surface area contributed by atoms with Crippen LogP contribution in [0.5, 0.6) is 0 Å². The Morgan fingerprint density at radius 2 is 1.76 bits per heavy atom. The molecular weight excluding hydrogens is 423 g/mol. The van der Waals surface area contributed by atoms with Gasteiger partial charge in [-0.15, -0.1) is 0 Å². The number of halogens is 6. The standard InChI is InChI=1S/C13H8ClF4IN2/c14-7-1-6(13(16,17)18)2-8(3-7)21-12-4-9(15)10(19)5-11(12)20/h1-5,21H,20H2. The number of alkyl halides is 3. The highest BCUT2D eigenvalue weighted by atomic mass is 127. The molecular formula is C13H8ClF4IN2. The number of nitrogens with two attached hydrogens (primary N) is 1. The Balaban J connectivity index is 2.40. The summed E-state index contributed by atoms with van der Waals surface area (Å²) in [6, 6.07) is 5.48. The SMILES string of the molecule is Nc1cc(I)c(F)cc1Nc1cc(Cl)cc(C(F)(F)F)c1. The van der Waals surface area contributed by atoms with Crippen molar-refractivity contribution in [2.45, 2.75) is 6.18 Å². The van der Waals surface area contributed by atoms with Gasteiger partial charge in [0.25, 0.3) is 0 Å². The van der Waals surface area contributed by atoms with E-state index in [9.17, 15) is 17.6 Å². The van der Waals surface area contributed by atoms with Gasteiger partial charge in [-0.2, -0.15) is 13.2 Å². The summed E-state index contributed by atoms with van der Waals surface area (Å²) in [5.41, 5.74) is 5.27. The first kappa shape index (κ1) is 16.2. The molecule has 21 heavy (non-hydrogen) atoms. The van der Waals surface area contributed by atoms with Gasteiger partial charge in [0, 0.05) is 16.8 Å². The lowest BCUT2D eigenvalue weighted by molar-refractivity contribution is -0.137. The highest BCUT2D eigenvalue weighted by molar-refractivity contribution is 14.1. The predicted octanol–water partition coefficient (Wildman–Crippen LogP) is 5.43. The lowest BCUT2D eigenvalue weighted by Gasteiger charge is -2.13. The molecule has 0 aliphatic heterocycles. The van der Waals surface area contributed by atoms with Crippen molar-refractivity contribution in [3.8, 4) is 0 Å². The Hall–Kier alpha value is -1.22. The third-order valence-corrected chi connectivity index (χ3v) is 3.64. The summed E-state index contributed by atoms with van der Waals surface area (Å²) in [5, 5.41) is 2.55. The van der Waals surface area contributed by atoms with E-state index in [0.717, 1.165) is 18.2 Å². The lowest BCUT2D eigenvalue weighted by Crippen LogP contribution is -2.06. The molecule has 0 saturated carbocycles. The molecule has 0 radical (unpaired) electrons. The summed E-state index contributed by atoms with van der Waals surface area (Å²) < 4.78 is 52.0. The monoisotopic (exact) mass is 430 g/mol. The molecule has 0 saturated heterocycles. The zero-order valence-electron chi connectivity index (χ0n) is 10.2. The molecule has 0 aliphatic carbocycles. The topological polar surface area (TPSA) is 38.0 Å². The molecule has 0 amide bonds. The van der Waals surface area contributed by atoms with E-state index in [4.69, 9.17) is 17.3 Å². The normalized spacial score (nSPS) is 11.5. The zero-order valence-corrected chi connectivity index (χ0v) is 13.1. The van der Waals surface area contributed by atoms with Crippen molar-refractivity contribution in [1.29, 1.82) is 0 Å². The molecule has 0 unspecified atom stereocenters. The Morgan fingerprint density at radius 1 is 1.10 bits per heavy atom. The molecule has 0 bridgehead atoms. The summed E-state index contributed by atoms with van der Waals surface area (Å²) in [7, 11) is 0. The van der Waals surface area contributed by atoms with Crippen LogP contribution in [0.25, 0.3) is 0 Å². The second-order valence-electron chi connectivity index (χ2n) is 4.20. The Labute approximate surface area is 136 Å². The van der Waals surface area contributed by atoms with E-state index < -0.39 is 17.6 Å². The van der Waals surface area contributed by atoms with Crippen molar-refractivity contribution in [3.05, 3.63) is 50.3 Å². The Morgan fingerprint density at radius 3 is 2.38 bits per heavy atom. The molecule has 2 nitrogen and oxygen atoms in total. The van der Waals surface area contributed by atoms with E-state index in [1.807, 2.05) is 0 Å². The largest absolute Gasteiger partial charge is 0.416 e. The van der Waals surface area contributed by atoms with Gasteiger partial charge in [-0.3, -0.25) is 0 Å². The lowest BCUT2D eigenvalue weighted by atomic mass is 10.2. The number of anilines is 3. The van der Waals surface area contributed by atoms with Crippen LogP contribution in [0, 0.1) is 9.39 Å². The molecule has 0 fully saturated rings. The van der Waals surface area contributed by atoms with E-state index in [1.165, 1.54) is 12.1 Å². The molecule has 0 aromatic heterocycles. The summed E-state index contributed by atoms with van der Waals surface area (Å²) in [6.45, 7) is 0. The van der Waals surface area contributed by atoms with Crippen molar-refractivity contribution in [1.82, 2.24) is 0 Å². The van der Waals surface area contributed by atoms with Gasteiger partial charge in [-0.05, 0) is 46.9 Å². The second kappa shape index (κ2) is 5.88. The summed E-state index contributed by atoms with van der Waals surface area (Å²) >= 11 is 7.44. The molecule has 2 aromatic carbocycles. The van der Waals surface area contributed by atoms with Crippen molar-refractivity contribution in [2.75, 3.05) is 11.1 Å². The minimum absolute atomic E-state index is 0.0714. The van der Waals surface area contributed by atoms with Gasteiger partial charge in [-0.25, -0.2) is 4.39 Å². The average Bonchev–Trinajstić information content (AvgIpc) is 2.34. The van der Waals surface area contributed by atoms with Crippen molar-refractivity contribution in [3.63, 3.8) is 0 Å². The molecule has 0 aliphatic rings. The van der Waals surface area contributed by atoms with Crippen LogP contribution in [-0.2, 0) is 6.18 Å². The maximum atomic E-state index is 13.5. The molecule has 8 heteroatoms. The van der Waals surface area contributed by atoms with Crippen LogP contribution >= 0.6 is 34.2 Å². The van der Waals surface area contributed by atoms with E-state index in [2.05, 4.69) is 5.32 Å². The quantitative estimate of drug-likeness (QED) is 0.379. The maximum Gasteiger partial charge on any atom is 0.416 e. The van der Waals surface area contributed by atoms with Crippen LogP contribution in [0.3, 0.4) is 0 Å². The van der Waals surface area contributed by atoms with Crippen LogP contribution in [-0.4, -0.2) is 0 Å². The van der Waals surface area contributed by atoms with Crippen LogP contribution in [0.15, 0.2) is 30.3 Å². The molecule has 2 rings (SSSR count). The number of hydrogen-bond acceptors (Lipinski definition) is 2. The van der Waals surface area contributed by atoms with Crippen LogP contribution < -0.4 is 11.1 Å². The zero-order chi connectivity index (χ0) is 15.8. The Kier molecular flexibility index (Phi) is 4.52.